The maximum atomic E-state index is 13.9. The molecule has 0 bridgehead atoms. The van der Waals surface area contributed by atoms with Gasteiger partial charge in [0.1, 0.15) is 10.7 Å². The summed E-state index contributed by atoms with van der Waals surface area (Å²) in [4.78, 5) is -1.41. The molecule has 0 aliphatic rings. The predicted molar refractivity (Wildman–Crippen MR) is 68.1 cm³/mol. The third-order valence-electron chi connectivity index (χ3n) is 2.65. The highest BCUT2D eigenvalue weighted by Crippen LogP contribution is 2.28. The molecule has 1 unspecified atom stereocenters. The number of benzene rings is 1. The molecule has 0 aliphatic carbocycles. The van der Waals surface area contributed by atoms with Crippen LogP contribution in [0.1, 0.15) is 18.4 Å². The minimum Gasteiger partial charge on any atom is -0.396 e. The maximum Gasteiger partial charge on any atom is 0.179 e. The van der Waals surface area contributed by atoms with E-state index in [0.717, 1.165) is 24.6 Å². The van der Waals surface area contributed by atoms with Crippen molar-refractivity contribution in [1.29, 1.82) is 0 Å². The monoisotopic (exact) mass is 310 g/mol. The van der Waals surface area contributed by atoms with Crippen molar-refractivity contribution >= 4 is 19.7 Å². The van der Waals surface area contributed by atoms with E-state index in [9.17, 15) is 21.2 Å². The van der Waals surface area contributed by atoms with Crippen LogP contribution in [0, 0.1) is 5.82 Å². The molecule has 1 rings (SSSR count). The molecule has 0 saturated carbocycles. The van der Waals surface area contributed by atoms with Gasteiger partial charge in [-0.1, -0.05) is 6.92 Å². The number of sulfone groups is 2. The van der Waals surface area contributed by atoms with Crippen molar-refractivity contribution in [1.82, 2.24) is 0 Å². The standard InChI is InChI=1S/C11H15FO5S2/c1-7(6-13)8-4-9(12)11(19(3,16)17)10(5-8)18(2,14)15/h4-5,7,13H,6H2,1-3H3. The quantitative estimate of drug-likeness (QED) is 0.885. The summed E-state index contributed by atoms with van der Waals surface area (Å²) in [5.41, 5.74) is 0.229. The average Bonchev–Trinajstić information content (AvgIpc) is 2.23. The molecule has 1 aromatic carbocycles. The lowest BCUT2D eigenvalue weighted by Gasteiger charge is -2.13. The van der Waals surface area contributed by atoms with Gasteiger partial charge in [0.05, 0.1) is 4.90 Å². The first-order chi connectivity index (χ1) is 8.48. The summed E-state index contributed by atoms with van der Waals surface area (Å²) in [7, 11) is -7.92. The lowest BCUT2D eigenvalue weighted by molar-refractivity contribution is 0.272. The van der Waals surface area contributed by atoms with E-state index in [1.165, 1.54) is 0 Å². The van der Waals surface area contributed by atoms with Crippen molar-refractivity contribution in [2.75, 3.05) is 19.1 Å². The Labute approximate surface area is 111 Å². The summed E-state index contributed by atoms with van der Waals surface area (Å²) in [6, 6.07) is 2.03. The molecule has 1 aromatic rings. The van der Waals surface area contributed by atoms with E-state index in [2.05, 4.69) is 0 Å². The van der Waals surface area contributed by atoms with Crippen molar-refractivity contribution in [3.05, 3.63) is 23.5 Å². The minimum absolute atomic E-state index is 0.229. The number of hydrogen-bond acceptors (Lipinski definition) is 5. The van der Waals surface area contributed by atoms with Crippen molar-refractivity contribution < 1.29 is 26.3 Å². The minimum atomic E-state index is -4.01. The van der Waals surface area contributed by atoms with Crippen LogP contribution in [0.15, 0.2) is 21.9 Å². The fourth-order valence-corrected chi connectivity index (χ4v) is 4.14. The van der Waals surface area contributed by atoms with Crippen molar-refractivity contribution in [3.8, 4) is 0 Å². The molecule has 0 spiro atoms. The first-order valence-electron chi connectivity index (χ1n) is 5.33. The Morgan fingerprint density at radius 3 is 2.05 bits per heavy atom. The van der Waals surface area contributed by atoms with Gasteiger partial charge in [-0.05, 0) is 17.7 Å². The SMILES string of the molecule is CC(CO)c1cc(F)c(S(C)(=O)=O)c(S(C)(=O)=O)c1. The molecule has 0 amide bonds. The van der Waals surface area contributed by atoms with Gasteiger partial charge in [-0.25, -0.2) is 21.2 Å². The fourth-order valence-electron chi connectivity index (χ4n) is 1.61. The highest BCUT2D eigenvalue weighted by molar-refractivity contribution is 7.93. The summed E-state index contributed by atoms with van der Waals surface area (Å²) >= 11 is 0. The Bertz CT molecular complexity index is 692. The molecule has 0 fully saturated rings. The Morgan fingerprint density at radius 2 is 1.68 bits per heavy atom. The Kier molecular flexibility index (Phi) is 4.38. The molecule has 1 N–H and O–H groups in total. The molecule has 1 atom stereocenters. The van der Waals surface area contributed by atoms with Crippen LogP contribution >= 0.6 is 0 Å². The molecule has 19 heavy (non-hydrogen) atoms. The molecule has 8 heteroatoms. The highest BCUT2D eigenvalue weighted by Gasteiger charge is 2.26. The second-order valence-corrected chi connectivity index (χ2v) is 8.39. The van der Waals surface area contributed by atoms with E-state index in [4.69, 9.17) is 5.11 Å². The molecule has 0 saturated heterocycles. The topological polar surface area (TPSA) is 88.5 Å². The van der Waals surface area contributed by atoms with Gasteiger partial charge in [0.15, 0.2) is 19.7 Å². The van der Waals surface area contributed by atoms with Gasteiger partial charge in [0, 0.05) is 25.0 Å². The maximum absolute atomic E-state index is 13.9. The van der Waals surface area contributed by atoms with E-state index in [1.54, 1.807) is 6.92 Å². The first kappa shape index (κ1) is 16.1. The predicted octanol–water partition coefficient (Wildman–Crippen LogP) is 0.729. The van der Waals surface area contributed by atoms with Crippen molar-refractivity contribution in [2.45, 2.75) is 22.6 Å². The summed E-state index contributed by atoms with van der Waals surface area (Å²) < 4.78 is 60.2. The number of halogens is 1. The summed E-state index contributed by atoms with van der Waals surface area (Å²) in [6.45, 7) is 1.27. The second-order valence-electron chi connectivity index (χ2n) is 4.46. The Morgan fingerprint density at radius 1 is 1.16 bits per heavy atom. The number of aliphatic hydroxyl groups is 1. The lowest BCUT2D eigenvalue weighted by Crippen LogP contribution is -2.12. The summed E-state index contributed by atoms with van der Waals surface area (Å²) in [5.74, 6) is -1.62. The molecule has 0 radical (unpaired) electrons. The zero-order chi connectivity index (χ0) is 15.0. The Balaban J connectivity index is 3.78. The van der Waals surface area contributed by atoms with Crippen LogP contribution in [0.3, 0.4) is 0 Å². The average molecular weight is 310 g/mol. The van der Waals surface area contributed by atoms with Crippen LogP contribution < -0.4 is 0 Å². The molecule has 108 valence electrons. The molecular formula is C11H15FO5S2. The lowest BCUT2D eigenvalue weighted by atomic mass is 10.0. The van der Waals surface area contributed by atoms with Crippen molar-refractivity contribution in [3.63, 3.8) is 0 Å². The highest BCUT2D eigenvalue weighted by atomic mass is 32.2. The first-order valence-corrected chi connectivity index (χ1v) is 9.11. The summed E-state index contributed by atoms with van der Waals surface area (Å²) in [6.07, 6.45) is 1.55. The Hall–Kier alpha value is -0.990. The zero-order valence-electron chi connectivity index (χ0n) is 10.7. The molecular weight excluding hydrogens is 295 g/mol. The third kappa shape index (κ3) is 3.52. The molecule has 0 aromatic heterocycles. The zero-order valence-corrected chi connectivity index (χ0v) is 12.3. The van der Waals surface area contributed by atoms with E-state index in [-0.39, 0.29) is 12.2 Å². The van der Waals surface area contributed by atoms with Crippen molar-refractivity contribution in [2.24, 2.45) is 0 Å². The van der Waals surface area contributed by atoms with Gasteiger partial charge >= 0.3 is 0 Å². The fraction of sp³-hybridized carbons (Fsp3) is 0.455. The van der Waals surface area contributed by atoms with Gasteiger partial charge in [-0.15, -0.1) is 0 Å². The van der Waals surface area contributed by atoms with E-state index >= 15 is 0 Å². The normalized spacial score (nSPS) is 14.4. The smallest absolute Gasteiger partial charge is 0.179 e. The summed E-state index contributed by atoms with van der Waals surface area (Å²) in [5, 5.41) is 9.01. The van der Waals surface area contributed by atoms with Crippen LogP contribution in [0.4, 0.5) is 4.39 Å². The van der Waals surface area contributed by atoms with Gasteiger partial charge in [0.2, 0.25) is 0 Å². The second kappa shape index (κ2) is 5.18. The molecule has 5 nitrogen and oxygen atoms in total. The largest absolute Gasteiger partial charge is 0.396 e. The number of hydrogen-bond donors (Lipinski definition) is 1. The van der Waals surface area contributed by atoms with Gasteiger partial charge in [0.25, 0.3) is 0 Å². The van der Waals surface area contributed by atoms with Crippen LogP contribution in [0.2, 0.25) is 0 Å². The van der Waals surface area contributed by atoms with Crippen LogP contribution in [0.25, 0.3) is 0 Å². The third-order valence-corrected chi connectivity index (χ3v) is 5.05. The van der Waals surface area contributed by atoms with E-state index in [0.29, 0.717) is 0 Å². The van der Waals surface area contributed by atoms with Crippen LogP contribution in [-0.4, -0.2) is 41.1 Å². The van der Waals surface area contributed by atoms with Gasteiger partial charge in [-0.2, -0.15) is 0 Å². The van der Waals surface area contributed by atoms with Gasteiger partial charge < -0.3 is 5.11 Å². The molecule has 0 heterocycles. The van der Waals surface area contributed by atoms with Gasteiger partial charge in [-0.3, -0.25) is 0 Å². The van der Waals surface area contributed by atoms with E-state index < -0.39 is 41.2 Å². The van der Waals surface area contributed by atoms with Crippen LogP contribution in [0.5, 0.6) is 0 Å². The molecule has 0 aliphatic heterocycles. The van der Waals surface area contributed by atoms with Crippen LogP contribution in [-0.2, 0) is 19.7 Å². The number of rotatable bonds is 4. The number of aliphatic hydroxyl groups excluding tert-OH is 1. The van der Waals surface area contributed by atoms with E-state index in [1.807, 2.05) is 0 Å².